The normalized spacial score (nSPS) is 18.7. The molecule has 1 aromatic carbocycles. The number of hydrogen-bond acceptors (Lipinski definition) is 3. The Morgan fingerprint density at radius 2 is 1.77 bits per heavy atom. The predicted octanol–water partition coefficient (Wildman–Crippen LogP) is 2.89. The molecule has 0 aliphatic carbocycles. The first-order valence-corrected chi connectivity index (χ1v) is 11.5. The number of aliphatic imine (C=N–C) groups is 1. The second kappa shape index (κ2) is 11.3. The number of rotatable bonds is 6. The molecule has 0 bridgehead atoms. The van der Waals surface area contributed by atoms with Gasteiger partial charge in [-0.05, 0) is 42.7 Å². The largest absolute Gasteiger partial charge is 0.378 e. The molecule has 0 atom stereocenters. The third kappa shape index (κ3) is 6.21. The molecule has 0 radical (unpaired) electrons. The van der Waals surface area contributed by atoms with Gasteiger partial charge in [0.25, 0.3) is 0 Å². The molecule has 166 valence electrons. The summed E-state index contributed by atoms with van der Waals surface area (Å²) in [4.78, 5) is 21.4. The van der Waals surface area contributed by atoms with Crippen LogP contribution >= 0.6 is 0 Å². The lowest BCUT2D eigenvalue weighted by Crippen LogP contribution is -2.50. The van der Waals surface area contributed by atoms with E-state index in [0.717, 1.165) is 64.4 Å². The molecule has 2 saturated heterocycles. The molecule has 0 saturated carbocycles. The number of ether oxygens (including phenoxy) is 1. The molecular formula is C24H38N4O2. The summed E-state index contributed by atoms with van der Waals surface area (Å²) < 4.78 is 5.36. The lowest BCUT2D eigenvalue weighted by Gasteiger charge is -2.36. The number of carbonyl (C=O) groups is 1. The highest BCUT2D eigenvalue weighted by atomic mass is 16.5. The maximum absolute atomic E-state index is 12.7. The quantitative estimate of drug-likeness (QED) is 0.442. The molecule has 1 N–H and O–H groups in total. The van der Waals surface area contributed by atoms with Crippen LogP contribution in [0.1, 0.15) is 50.2 Å². The monoisotopic (exact) mass is 414 g/mol. The summed E-state index contributed by atoms with van der Waals surface area (Å²) in [5.74, 6) is 2.00. The van der Waals surface area contributed by atoms with Crippen LogP contribution in [0.25, 0.3) is 0 Å². The Labute approximate surface area is 181 Å². The number of amides is 1. The molecule has 2 fully saturated rings. The number of nitrogens with zero attached hydrogens (tertiary/aromatic N) is 3. The average Bonchev–Trinajstić information content (AvgIpc) is 2.80. The number of carbonyl (C=O) groups excluding carboxylic acids is 1. The second-order valence-electron chi connectivity index (χ2n) is 8.67. The van der Waals surface area contributed by atoms with E-state index in [1.165, 1.54) is 11.1 Å². The van der Waals surface area contributed by atoms with Crippen LogP contribution in [0.5, 0.6) is 0 Å². The van der Waals surface area contributed by atoms with Crippen LogP contribution in [-0.2, 0) is 16.0 Å². The van der Waals surface area contributed by atoms with Gasteiger partial charge in [-0.2, -0.15) is 0 Å². The fourth-order valence-corrected chi connectivity index (χ4v) is 4.27. The highest BCUT2D eigenvalue weighted by Gasteiger charge is 2.30. The molecule has 6 nitrogen and oxygen atoms in total. The van der Waals surface area contributed by atoms with E-state index in [0.29, 0.717) is 25.0 Å². The Morgan fingerprint density at radius 3 is 2.37 bits per heavy atom. The number of benzene rings is 1. The summed E-state index contributed by atoms with van der Waals surface area (Å²) in [6, 6.07) is 8.99. The van der Waals surface area contributed by atoms with Gasteiger partial charge in [-0.3, -0.25) is 9.79 Å². The summed E-state index contributed by atoms with van der Waals surface area (Å²) in [6.45, 7) is 9.95. The number of hydrogen-bond donors (Lipinski definition) is 1. The lowest BCUT2D eigenvalue weighted by atomic mass is 9.95. The van der Waals surface area contributed by atoms with E-state index >= 15 is 0 Å². The van der Waals surface area contributed by atoms with Gasteiger partial charge >= 0.3 is 0 Å². The fourth-order valence-electron chi connectivity index (χ4n) is 4.27. The van der Waals surface area contributed by atoms with Gasteiger partial charge in [-0.1, -0.05) is 38.1 Å². The maximum atomic E-state index is 12.7. The summed E-state index contributed by atoms with van der Waals surface area (Å²) in [5.41, 5.74) is 2.78. The molecule has 0 unspecified atom stereocenters. The summed E-state index contributed by atoms with van der Waals surface area (Å²) in [5, 5.41) is 3.51. The van der Waals surface area contributed by atoms with Crippen molar-refractivity contribution in [3.05, 3.63) is 35.4 Å². The molecule has 30 heavy (non-hydrogen) atoms. The van der Waals surface area contributed by atoms with Crippen molar-refractivity contribution < 1.29 is 9.53 Å². The number of likely N-dealkylation sites (tertiary alicyclic amines) is 1. The van der Waals surface area contributed by atoms with Crippen LogP contribution in [0.15, 0.2) is 29.3 Å². The Balaban J connectivity index is 1.37. The molecule has 2 heterocycles. The van der Waals surface area contributed by atoms with Crippen LogP contribution in [0.2, 0.25) is 0 Å². The standard InChI is InChI=1S/C24H38N4O2/c1-19(2)21-8-6-20(7-9-21)5-4-12-26-24(25-3)28-13-10-22(11-14-28)23(29)27-15-17-30-18-16-27/h6-9,19,22H,4-5,10-18H2,1-3H3,(H,25,26). The zero-order valence-corrected chi connectivity index (χ0v) is 18.9. The maximum Gasteiger partial charge on any atom is 0.225 e. The number of aryl methyl sites for hydroxylation is 1. The first-order chi connectivity index (χ1) is 14.6. The van der Waals surface area contributed by atoms with Crippen molar-refractivity contribution in [1.29, 1.82) is 0 Å². The van der Waals surface area contributed by atoms with E-state index in [9.17, 15) is 4.79 Å². The fraction of sp³-hybridized carbons (Fsp3) is 0.667. The van der Waals surface area contributed by atoms with Gasteiger partial charge < -0.3 is 19.9 Å². The van der Waals surface area contributed by atoms with Crippen LogP contribution in [0.3, 0.4) is 0 Å². The van der Waals surface area contributed by atoms with Crippen molar-refractivity contribution in [2.45, 2.75) is 45.4 Å². The number of morpholine rings is 1. The van der Waals surface area contributed by atoms with Crippen molar-refractivity contribution in [2.75, 3.05) is 53.0 Å². The highest BCUT2D eigenvalue weighted by molar-refractivity contribution is 5.81. The lowest BCUT2D eigenvalue weighted by molar-refractivity contribution is -0.140. The second-order valence-corrected chi connectivity index (χ2v) is 8.67. The first kappa shape index (κ1) is 22.6. The van der Waals surface area contributed by atoms with Gasteiger partial charge in [-0.15, -0.1) is 0 Å². The van der Waals surface area contributed by atoms with Crippen LogP contribution in [0.4, 0.5) is 0 Å². The first-order valence-electron chi connectivity index (χ1n) is 11.5. The number of nitrogens with one attached hydrogen (secondary N) is 1. The zero-order valence-electron chi connectivity index (χ0n) is 18.9. The van der Waals surface area contributed by atoms with Gasteiger partial charge in [0.1, 0.15) is 0 Å². The minimum Gasteiger partial charge on any atom is -0.378 e. The van der Waals surface area contributed by atoms with Gasteiger partial charge in [0.2, 0.25) is 5.91 Å². The van der Waals surface area contributed by atoms with Crippen molar-refractivity contribution in [3.8, 4) is 0 Å². The van der Waals surface area contributed by atoms with Crippen molar-refractivity contribution in [1.82, 2.24) is 15.1 Å². The van der Waals surface area contributed by atoms with Gasteiger partial charge in [0.15, 0.2) is 5.96 Å². The van der Waals surface area contributed by atoms with Gasteiger partial charge in [-0.25, -0.2) is 0 Å². The van der Waals surface area contributed by atoms with E-state index in [4.69, 9.17) is 4.74 Å². The van der Waals surface area contributed by atoms with E-state index in [-0.39, 0.29) is 5.92 Å². The van der Waals surface area contributed by atoms with Crippen molar-refractivity contribution in [2.24, 2.45) is 10.9 Å². The van der Waals surface area contributed by atoms with Crippen LogP contribution in [-0.4, -0.2) is 74.7 Å². The van der Waals surface area contributed by atoms with E-state index in [2.05, 4.69) is 53.3 Å². The summed E-state index contributed by atoms with van der Waals surface area (Å²) in [6.07, 6.45) is 3.95. The van der Waals surface area contributed by atoms with Gasteiger partial charge in [0, 0.05) is 45.7 Å². The molecule has 2 aliphatic heterocycles. The molecular weight excluding hydrogens is 376 g/mol. The Hall–Kier alpha value is -2.08. The molecule has 3 rings (SSSR count). The summed E-state index contributed by atoms with van der Waals surface area (Å²) >= 11 is 0. The molecule has 0 aromatic heterocycles. The van der Waals surface area contributed by atoms with Crippen molar-refractivity contribution in [3.63, 3.8) is 0 Å². The number of piperidine rings is 1. The average molecular weight is 415 g/mol. The minimum atomic E-state index is 0.145. The third-order valence-electron chi connectivity index (χ3n) is 6.25. The number of guanidine groups is 1. The third-order valence-corrected chi connectivity index (χ3v) is 6.25. The van der Waals surface area contributed by atoms with Crippen molar-refractivity contribution >= 4 is 11.9 Å². The molecule has 1 amide bonds. The Morgan fingerprint density at radius 1 is 1.10 bits per heavy atom. The minimum absolute atomic E-state index is 0.145. The zero-order chi connectivity index (χ0) is 21.3. The van der Waals surface area contributed by atoms with Gasteiger partial charge in [0.05, 0.1) is 13.2 Å². The van der Waals surface area contributed by atoms with Crippen LogP contribution < -0.4 is 5.32 Å². The molecule has 1 aromatic rings. The predicted molar refractivity (Wildman–Crippen MR) is 122 cm³/mol. The van der Waals surface area contributed by atoms with E-state index in [1.54, 1.807) is 0 Å². The summed E-state index contributed by atoms with van der Waals surface area (Å²) in [7, 11) is 1.85. The molecule has 2 aliphatic rings. The molecule has 0 spiro atoms. The topological polar surface area (TPSA) is 57.2 Å². The smallest absolute Gasteiger partial charge is 0.225 e. The van der Waals surface area contributed by atoms with E-state index in [1.807, 2.05) is 11.9 Å². The Kier molecular flexibility index (Phi) is 8.55. The molecule has 6 heteroatoms. The highest BCUT2D eigenvalue weighted by Crippen LogP contribution is 2.20. The Bertz CT molecular complexity index is 688. The SMILES string of the molecule is CN=C(NCCCc1ccc(C(C)C)cc1)N1CCC(C(=O)N2CCOCC2)CC1. The van der Waals surface area contributed by atoms with E-state index < -0.39 is 0 Å². The van der Waals surface area contributed by atoms with Crippen LogP contribution in [0, 0.1) is 5.92 Å².